The van der Waals surface area contributed by atoms with E-state index < -0.39 is 10.0 Å². The largest absolute Gasteiger partial charge is 0.495 e. The van der Waals surface area contributed by atoms with Crippen LogP contribution >= 0.6 is 0 Å². The second kappa shape index (κ2) is 8.10. The molecule has 1 saturated heterocycles. The zero-order valence-corrected chi connectivity index (χ0v) is 16.3. The molecule has 27 heavy (non-hydrogen) atoms. The Bertz CT molecular complexity index is 910. The second-order valence-electron chi connectivity index (χ2n) is 6.71. The highest BCUT2D eigenvalue weighted by atomic mass is 32.2. The maximum Gasteiger partial charge on any atom is 0.240 e. The van der Waals surface area contributed by atoms with Crippen LogP contribution in [-0.4, -0.2) is 40.9 Å². The van der Waals surface area contributed by atoms with E-state index in [-0.39, 0.29) is 16.6 Å². The number of carbonyl (C=O) groups is 1. The Hall–Kier alpha value is -2.38. The van der Waals surface area contributed by atoms with E-state index in [1.54, 1.807) is 7.11 Å². The molecule has 0 spiro atoms. The zero-order chi connectivity index (χ0) is 19.4. The summed E-state index contributed by atoms with van der Waals surface area (Å²) >= 11 is 0. The Balaban J connectivity index is 1.61. The maximum atomic E-state index is 12.5. The van der Waals surface area contributed by atoms with E-state index in [0.717, 1.165) is 30.9 Å². The molecule has 0 saturated carbocycles. The van der Waals surface area contributed by atoms with Crippen molar-refractivity contribution in [3.8, 4) is 5.75 Å². The molecule has 0 aromatic heterocycles. The van der Waals surface area contributed by atoms with Gasteiger partial charge in [-0.1, -0.05) is 24.3 Å². The molecule has 2 aromatic carbocycles. The molecule has 1 fully saturated rings. The fourth-order valence-electron chi connectivity index (χ4n) is 3.29. The van der Waals surface area contributed by atoms with Crippen molar-refractivity contribution in [2.45, 2.75) is 18.2 Å². The number of ether oxygens (including phenoxy) is 1. The van der Waals surface area contributed by atoms with Gasteiger partial charge in [-0.3, -0.25) is 4.79 Å². The highest BCUT2D eigenvalue weighted by Crippen LogP contribution is 2.31. The number of Topliss-reactive ketones (excluding diaryl/α,β-unsaturated/α-hetero) is 1. The van der Waals surface area contributed by atoms with E-state index in [1.807, 2.05) is 24.3 Å². The minimum absolute atomic E-state index is 0.0886. The number of anilines is 1. The van der Waals surface area contributed by atoms with Crippen LogP contribution in [0.5, 0.6) is 5.75 Å². The lowest BCUT2D eigenvalue weighted by Crippen LogP contribution is -2.31. The number of nitrogens with one attached hydrogen (secondary N) is 1. The van der Waals surface area contributed by atoms with Crippen molar-refractivity contribution in [2.75, 3.05) is 31.6 Å². The Morgan fingerprint density at radius 3 is 2.56 bits per heavy atom. The van der Waals surface area contributed by atoms with Crippen LogP contribution in [0.4, 0.5) is 5.69 Å². The molecule has 144 valence electrons. The topological polar surface area (TPSA) is 75.7 Å². The summed E-state index contributed by atoms with van der Waals surface area (Å²) in [5, 5.41) is 0. The van der Waals surface area contributed by atoms with Crippen molar-refractivity contribution in [1.29, 1.82) is 0 Å². The molecule has 1 N–H and O–H groups in total. The van der Waals surface area contributed by atoms with Crippen molar-refractivity contribution >= 4 is 21.5 Å². The zero-order valence-electron chi connectivity index (χ0n) is 15.5. The predicted molar refractivity (Wildman–Crippen MR) is 105 cm³/mol. The molecule has 0 radical (unpaired) electrons. The first-order chi connectivity index (χ1) is 12.9. The summed E-state index contributed by atoms with van der Waals surface area (Å²) in [5.74, 6) is 0.958. The average molecular weight is 388 g/mol. The molecule has 0 aliphatic carbocycles. The third-order valence-electron chi connectivity index (χ3n) is 4.84. The van der Waals surface area contributed by atoms with E-state index >= 15 is 0 Å². The number of carbonyl (C=O) groups excluding carboxylic acids is 1. The first kappa shape index (κ1) is 19.4. The maximum absolute atomic E-state index is 12.5. The number of sulfonamides is 1. The molecule has 1 heterocycles. The quantitative estimate of drug-likeness (QED) is 0.738. The minimum Gasteiger partial charge on any atom is -0.495 e. The molecule has 2 aromatic rings. The van der Waals surface area contributed by atoms with Gasteiger partial charge in [-0.15, -0.1) is 0 Å². The van der Waals surface area contributed by atoms with Crippen LogP contribution in [-0.2, 0) is 10.0 Å². The summed E-state index contributed by atoms with van der Waals surface area (Å²) in [6, 6.07) is 13.9. The van der Waals surface area contributed by atoms with Gasteiger partial charge in [0.15, 0.2) is 5.78 Å². The number of hydrogen-bond donors (Lipinski definition) is 1. The highest BCUT2D eigenvalue weighted by Gasteiger charge is 2.26. The van der Waals surface area contributed by atoms with Crippen LogP contribution in [0.1, 0.15) is 23.7 Å². The van der Waals surface area contributed by atoms with Crippen LogP contribution in [0.3, 0.4) is 0 Å². The molecule has 7 heteroatoms. The number of methoxy groups -OCH3 is 1. The van der Waals surface area contributed by atoms with Crippen molar-refractivity contribution in [1.82, 2.24) is 4.72 Å². The van der Waals surface area contributed by atoms with Gasteiger partial charge in [-0.2, -0.15) is 0 Å². The number of hydrogen-bond acceptors (Lipinski definition) is 5. The third kappa shape index (κ3) is 4.48. The van der Waals surface area contributed by atoms with Gasteiger partial charge >= 0.3 is 0 Å². The predicted octanol–water partition coefficient (Wildman–Crippen LogP) is 2.70. The summed E-state index contributed by atoms with van der Waals surface area (Å²) in [6.45, 7) is 3.46. The fraction of sp³-hybridized carbons (Fsp3) is 0.350. The SMILES string of the molecule is COc1ccccc1N1CCC(CNS(=O)(=O)c2ccc(C(C)=O)cc2)C1. The van der Waals surface area contributed by atoms with E-state index in [4.69, 9.17) is 4.74 Å². The van der Waals surface area contributed by atoms with Gasteiger partial charge in [0.25, 0.3) is 0 Å². The molecular weight excluding hydrogens is 364 g/mol. The van der Waals surface area contributed by atoms with Gasteiger partial charge in [0.05, 0.1) is 17.7 Å². The van der Waals surface area contributed by atoms with Crippen molar-refractivity contribution < 1.29 is 17.9 Å². The number of para-hydroxylation sites is 2. The fourth-order valence-corrected chi connectivity index (χ4v) is 4.40. The monoisotopic (exact) mass is 388 g/mol. The first-order valence-electron chi connectivity index (χ1n) is 8.89. The Morgan fingerprint density at radius 2 is 1.89 bits per heavy atom. The van der Waals surface area contributed by atoms with Gasteiger partial charge in [-0.05, 0) is 43.5 Å². The van der Waals surface area contributed by atoms with E-state index in [1.165, 1.54) is 31.2 Å². The van der Waals surface area contributed by atoms with Gasteiger partial charge in [0.1, 0.15) is 5.75 Å². The van der Waals surface area contributed by atoms with Gasteiger partial charge < -0.3 is 9.64 Å². The number of nitrogens with zero attached hydrogens (tertiary/aromatic N) is 1. The molecule has 1 atom stereocenters. The Labute approximate surface area is 160 Å². The van der Waals surface area contributed by atoms with Gasteiger partial charge in [0, 0.05) is 25.2 Å². The number of benzene rings is 2. The lowest BCUT2D eigenvalue weighted by Gasteiger charge is -2.21. The molecule has 6 nitrogen and oxygen atoms in total. The lowest BCUT2D eigenvalue weighted by molar-refractivity contribution is 0.101. The summed E-state index contributed by atoms with van der Waals surface area (Å²) in [6.07, 6.45) is 0.907. The van der Waals surface area contributed by atoms with Crippen LogP contribution in [0, 0.1) is 5.92 Å². The summed E-state index contributed by atoms with van der Waals surface area (Å²) in [5.41, 5.74) is 1.53. The molecule has 1 aliphatic rings. The standard InChI is InChI=1S/C20H24N2O4S/c1-15(23)17-7-9-18(10-8-17)27(24,25)21-13-16-11-12-22(14-16)19-5-3-4-6-20(19)26-2/h3-10,16,21H,11-14H2,1-2H3. The summed E-state index contributed by atoms with van der Waals surface area (Å²) in [4.78, 5) is 13.7. The smallest absolute Gasteiger partial charge is 0.240 e. The normalized spacial score (nSPS) is 17.1. The highest BCUT2D eigenvalue weighted by molar-refractivity contribution is 7.89. The Kier molecular flexibility index (Phi) is 5.82. The van der Waals surface area contributed by atoms with E-state index in [0.29, 0.717) is 12.1 Å². The minimum atomic E-state index is -3.59. The van der Waals surface area contributed by atoms with Gasteiger partial charge in [-0.25, -0.2) is 13.1 Å². The first-order valence-corrected chi connectivity index (χ1v) is 10.4. The molecule has 3 rings (SSSR count). The Morgan fingerprint density at radius 1 is 1.19 bits per heavy atom. The van der Waals surface area contributed by atoms with Crippen LogP contribution in [0.15, 0.2) is 53.4 Å². The van der Waals surface area contributed by atoms with Gasteiger partial charge in [0.2, 0.25) is 10.0 Å². The molecule has 0 bridgehead atoms. The van der Waals surface area contributed by atoms with Crippen molar-refractivity contribution in [3.63, 3.8) is 0 Å². The lowest BCUT2D eigenvalue weighted by atomic mass is 10.1. The number of ketones is 1. The second-order valence-corrected chi connectivity index (χ2v) is 8.47. The van der Waals surface area contributed by atoms with Crippen LogP contribution < -0.4 is 14.4 Å². The molecule has 0 amide bonds. The van der Waals surface area contributed by atoms with E-state index in [9.17, 15) is 13.2 Å². The molecular formula is C20H24N2O4S. The van der Waals surface area contributed by atoms with Crippen molar-refractivity contribution in [3.05, 3.63) is 54.1 Å². The number of rotatable bonds is 7. The summed E-state index contributed by atoms with van der Waals surface area (Å²) in [7, 11) is -1.94. The average Bonchev–Trinajstić information content (AvgIpc) is 3.15. The molecule has 1 unspecified atom stereocenters. The van der Waals surface area contributed by atoms with E-state index in [2.05, 4.69) is 9.62 Å². The van der Waals surface area contributed by atoms with Crippen LogP contribution in [0.2, 0.25) is 0 Å². The van der Waals surface area contributed by atoms with Crippen LogP contribution in [0.25, 0.3) is 0 Å². The summed E-state index contributed by atoms with van der Waals surface area (Å²) < 4.78 is 33.1. The third-order valence-corrected chi connectivity index (χ3v) is 6.28. The van der Waals surface area contributed by atoms with Crippen molar-refractivity contribution in [2.24, 2.45) is 5.92 Å². The molecule has 1 aliphatic heterocycles.